The Kier molecular flexibility index (Phi) is 9.91. The lowest BCUT2D eigenvalue weighted by Gasteiger charge is -2.26. The molecule has 198 valence electrons. The lowest BCUT2D eigenvalue weighted by Crippen LogP contribution is -2.41. The molecular weight excluding hydrogens is 539 g/mol. The standard InChI is InChI=1S/C26H28Cl2N2O6S/c1-34-23-12-10-19(27)15-22(23)30(37(32,33)20-11-13-24(35-2)25(16-20)36-3)17-26(31)29-14-6-8-18-7-4-5-9-21(18)28/h4-5,7,9-13,15-16H,6,8,14,17H2,1-3H3,(H,29,31). The number of anilines is 1. The van der Waals surface area contributed by atoms with Crippen LogP contribution in [-0.4, -0.2) is 48.7 Å². The maximum atomic E-state index is 13.8. The van der Waals surface area contributed by atoms with Gasteiger partial charge >= 0.3 is 0 Å². The van der Waals surface area contributed by atoms with Crippen molar-refractivity contribution in [3.63, 3.8) is 0 Å². The van der Waals surface area contributed by atoms with Crippen molar-refractivity contribution in [2.75, 3.05) is 38.7 Å². The molecule has 37 heavy (non-hydrogen) atoms. The van der Waals surface area contributed by atoms with E-state index in [2.05, 4.69) is 5.32 Å². The highest BCUT2D eigenvalue weighted by Crippen LogP contribution is 2.37. The maximum Gasteiger partial charge on any atom is 0.265 e. The molecular formula is C26H28Cl2N2O6S. The Bertz CT molecular complexity index is 1350. The summed E-state index contributed by atoms with van der Waals surface area (Å²) in [7, 11) is 0.00553. The average molecular weight is 567 g/mol. The number of hydrogen-bond acceptors (Lipinski definition) is 6. The van der Waals surface area contributed by atoms with Gasteiger partial charge < -0.3 is 19.5 Å². The minimum atomic E-state index is -4.25. The Morgan fingerprint density at radius 1 is 0.892 bits per heavy atom. The SMILES string of the molecule is COc1ccc(S(=O)(=O)N(CC(=O)NCCCc2ccccc2Cl)c2cc(Cl)ccc2OC)cc1OC. The molecule has 0 aliphatic carbocycles. The molecule has 0 saturated carbocycles. The first kappa shape index (κ1) is 28.4. The summed E-state index contributed by atoms with van der Waals surface area (Å²) in [6.07, 6.45) is 1.29. The zero-order valence-corrected chi connectivity index (χ0v) is 23.0. The van der Waals surface area contributed by atoms with Gasteiger partial charge in [0.25, 0.3) is 10.0 Å². The van der Waals surface area contributed by atoms with Crippen LogP contribution in [0, 0.1) is 0 Å². The first-order valence-corrected chi connectivity index (χ1v) is 13.5. The third-order valence-corrected chi connectivity index (χ3v) is 7.90. The van der Waals surface area contributed by atoms with Crippen molar-refractivity contribution in [2.24, 2.45) is 0 Å². The Balaban J connectivity index is 1.87. The molecule has 0 aliphatic heterocycles. The third kappa shape index (κ3) is 7.00. The third-order valence-electron chi connectivity index (χ3n) is 5.54. The summed E-state index contributed by atoms with van der Waals surface area (Å²) in [5, 5.41) is 3.72. The molecule has 0 unspecified atom stereocenters. The molecule has 0 aromatic heterocycles. The van der Waals surface area contributed by atoms with Crippen molar-refractivity contribution in [1.82, 2.24) is 5.32 Å². The molecule has 0 bridgehead atoms. The van der Waals surface area contributed by atoms with Crippen LogP contribution in [0.1, 0.15) is 12.0 Å². The number of nitrogens with zero attached hydrogens (tertiary/aromatic N) is 1. The Morgan fingerprint density at radius 3 is 2.24 bits per heavy atom. The zero-order valence-electron chi connectivity index (χ0n) is 20.7. The highest BCUT2D eigenvalue weighted by molar-refractivity contribution is 7.92. The molecule has 0 heterocycles. The number of nitrogens with one attached hydrogen (secondary N) is 1. The van der Waals surface area contributed by atoms with Crippen LogP contribution in [0.5, 0.6) is 17.2 Å². The molecule has 3 rings (SSSR count). The van der Waals surface area contributed by atoms with Crippen LogP contribution in [0.3, 0.4) is 0 Å². The lowest BCUT2D eigenvalue weighted by molar-refractivity contribution is -0.119. The fourth-order valence-corrected chi connectivity index (χ4v) is 5.49. The van der Waals surface area contributed by atoms with Crippen molar-refractivity contribution in [3.8, 4) is 17.2 Å². The second-order valence-corrected chi connectivity index (χ2v) is 10.6. The quantitative estimate of drug-likeness (QED) is 0.311. The first-order chi connectivity index (χ1) is 17.7. The van der Waals surface area contributed by atoms with E-state index in [1.165, 1.54) is 51.7 Å². The van der Waals surface area contributed by atoms with Crippen molar-refractivity contribution in [1.29, 1.82) is 0 Å². The fourth-order valence-electron chi connectivity index (χ4n) is 3.66. The summed E-state index contributed by atoms with van der Waals surface area (Å²) >= 11 is 12.4. The number of ether oxygens (including phenoxy) is 3. The van der Waals surface area contributed by atoms with E-state index in [0.29, 0.717) is 30.2 Å². The Morgan fingerprint density at radius 2 is 1.57 bits per heavy atom. The smallest absolute Gasteiger partial charge is 0.265 e. The molecule has 1 amide bonds. The molecule has 3 aromatic carbocycles. The van der Waals surface area contributed by atoms with Crippen LogP contribution in [0.4, 0.5) is 5.69 Å². The second kappa shape index (κ2) is 12.9. The lowest BCUT2D eigenvalue weighted by atomic mass is 10.1. The summed E-state index contributed by atoms with van der Waals surface area (Å²) in [5.74, 6) is 0.334. The van der Waals surface area contributed by atoms with E-state index >= 15 is 0 Å². The van der Waals surface area contributed by atoms with Gasteiger partial charge in [-0.15, -0.1) is 0 Å². The summed E-state index contributed by atoms with van der Waals surface area (Å²) in [4.78, 5) is 12.8. The predicted molar refractivity (Wildman–Crippen MR) is 145 cm³/mol. The molecule has 1 N–H and O–H groups in total. The predicted octanol–water partition coefficient (Wildman–Crippen LogP) is 4.96. The van der Waals surface area contributed by atoms with E-state index < -0.39 is 22.5 Å². The van der Waals surface area contributed by atoms with Crippen molar-refractivity contribution < 1.29 is 27.4 Å². The fraction of sp³-hybridized carbons (Fsp3) is 0.269. The second-order valence-electron chi connectivity index (χ2n) is 7.89. The topological polar surface area (TPSA) is 94.2 Å². The van der Waals surface area contributed by atoms with E-state index in [1.54, 1.807) is 6.07 Å². The summed E-state index contributed by atoms with van der Waals surface area (Å²) < 4.78 is 44.4. The molecule has 0 radical (unpaired) electrons. The van der Waals surface area contributed by atoms with Gasteiger partial charge in [-0.25, -0.2) is 8.42 Å². The highest BCUT2D eigenvalue weighted by Gasteiger charge is 2.30. The normalized spacial score (nSPS) is 11.1. The highest BCUT2D eigenvalue weighted by atomic mass is 35.5. The van der Waals surface area contributed by atoms with Gasteiger partial charge in [0.05, 0.1) is 31.9 Å². The van der Waals surface area contributed by atoms with Gasteiger partial charge in [-0.05, 0) is 54.8 Å². The van der Waals surface area contributed by atoms with Crippen LogP contribution >= 0.6 is 23.2 Å². The molecule has 3 aromatic rings. The van der Waals surface area contributed by atoms with Gasteiger partial charge in [0.15, 0.2) is 11.5 Å². The Hall–Kier alpha value is -3.14. The minimum absolute atomic E-state index is 0.0984. The molecule has 11 heteroatoms. The van der Waals surface area contributed by atoms with Gasteiger partial charge in [-0.1, -0.05) is 41.4 Å². The number of benzene rings is 3. The van der Waals surface area contributed by atoms with E-state index in [9.17, 15) is 13.2 Å². The first-order valence-electron chi connectivity index (χ1n) is 11.3. The van der Waals surface area contributed by atoms with Crippen molar-refractivity contribution >= 4 is 44.8 Å². The van der Waals surface area contributed by atoms with Crippen molar-refractivity contribution in [3.05, 3.63) is 76.3 Å². The van der Waals surface area contributed by atoms with Crippen molar-refractivity contribution in [2.45, 2.75) is 17.7 Å². The van der Waals surface area contributed by atoms with E-state index in [-0.39, 0.29) is 27.1 Å². The number of rotatable bonds is 12. The van der Waals surface area contributed by atoms with Crippen LogP contribution in [0.2, 0.25) is 10.0 Å². The largest absolute Gasteiger partial charge is 0.495 e. The van der Waals surface area contributed by atoms with Gasteiger partial charge in [0.2, 0.25) is 5.91 Å². The molecule has 0 aliphatic rings. The number of halogens is 2. The Labute approximate surface area is 227 Å². The average Bonchev–Trinajstić information content (AvgIpc) is 2.90. The maximum absolute atomic E-state index is 13.8. The van der Waals surface area contributed by atoms with Crippen LogP contribution < -0.4 is 23.8 Å². The number of carbonyl (C=O) groups excluding carboxylic acids is 1. The molecule has 8 nitrogen and oxygen atoms in total. The van der Waals surface area contributed by atoms with Gasteiger partial charge in [0.1, 0.15) is 12.3 Å². The summed E-state index contributed by atoms with van der Waals surface area (Å²) in [6, 6.07) is 16.2. The number of sulfonamides is 1. The zero-order chi connectivity index (χ0) is 27.0. The number of aryl methyl sites for hydroxylation is 1. The van der Waals surface area contributed by atoms with Gasteiger partial charge in [-0.3, -0.25) is 9.10 Å². The molecule has 0 saturated heterocycles. The monoisotopic (exact) mass is 566 g/mol. The van der Waals surface area contributed by atoms with E-state index in [4.69, 9.17) is 37.4 Å². The summed E-state index contributed by atoms with van der Waals surface area (Å²) in [6.45, 7) is -0.166. The van der Waals surface area contributed by atoms with Gasteiger partial charge in [0, 0.05) is 22.7 Å². The molecule has 0 atom stereocenters. The number of carbonyl (C=O) groups is 1. The number of methoxy groups -OCH3 is 3. The number of hydrogen-bond donors (Lipinski definition) is 1. The van der Waals surface area contributed by atoms with E-state index in [1.807, 2.05) is 24.3 Å². The summed E-state index contributed by atoms with van der Waals surface area (Å²) in [5.41, 5.74) is 1.09. The minimum Gasteiger partial charge on any atom is -0.495 e. The van der Waals surface area contributed by atoms with Crippen LogP contribution in [0.25, 0.3) is 0 Å². The van der Waals surface area contributed by atoms with E-state index in [0.717, 1.165) is 9.87 Å². The van der Waals surface area contributed by atoms with Gasteiger partial charge in [-0.2, -0.15) is 0 Å². The molecule has 0 fully saturated rings. The van der Waals surface area contributed by atoms with Crippen LogP contribution in [0.15, 0.2) is 65.6 Å². The van der Waals surface area contributed by atoms with Crippen LogP contribution in [-0.2, 0) is 21.2 Å². The molecule has 0 spiro atoms. The number of amides is 1.